The Morgan fingerprint density at radius 2 is 2.14 bits per heavy atom. The summed E-state index contributed by atoms with van der Waals surface area (Å²) in [6.07, 6.45) is 4.52. The number of hydrogen-bond acceptors (Lipinski definition) is 4. The van der Waals surface area contributed by atoms with Gasteiger partial charge in [-0.3, -0.25) is 0 Å². The number of hydrogen-bond donors (Lipinski definition) is 3. The van der Waals surface area contributed by atoms with Crippen molar-refractivity contribution in [1.29, 1.82) is 0 Å². The van der Waals surface area contributed by atoms with Gasteiger partial charge in [0, 0.05) is 24.3 Å². The Balaban J connectivity index is 1.83. The summed E-state index contributed by atoms with van der Waals surface area (Å²) in [4.78, 5) is 19.2. The second-order valence-electron chi connectivity index (χ2n) is 6.65. The first-order chi connectivity index (χ1) is 9.85. The first-order valence-corrected chi connectivity index (χ1v) is 7.57. The first-order valence-electron chi connectivity index (χ1n) is 7.57. The number of imidazole rings is 1. The Labute approximate surface area is 126 Å². The number of H-pyrrole nitrogens is 1. The van der Waals surface area contributed by atoms with Crippen LogP contribution in [-0.2, 0) is 11.3 Å². The largest absolute Gasteiger partial charge is 0.444 e. The van der Waals surface area contributed by atoms with Gasteiger partial charge in [-0.25, -0.2) is 9.78 Å². The van der Waals surface area contributed by atoms with Crippen molar-refractivity contribution in [3.63, 3.8) is 0 Å². The number of aryl methyl sites for hydroxylation is 1. The number of carbonyl (C=O) groups is 1. The molecule has 2 unspecified atom stereocenters. The normalized spacial score (nSPS) is 22.3. The lowest BCUT2D eigenvalue weighted by Gasteiger charge is -2.25. The summed E-state index contributed by atoms with van der Waals surface area (Å²) in [6.45, 7) is 8.34. The number of nitrogens with one attached hydrogen (secondary N) is 3. The topological polar surface area (TPSA) is 79.0 Å². The monoisotopic (exact) mass is 294 g/mol. The first kappa shape index (κ1) is 15.8. The summed E-state index contributed by atoms with van der Waals surface area (Å²) < 4.78 is 5.32. The van der Waals surface area contributed by atoms with E-state index in [0.29, 0.717) is 6.54 Å². The zero-order valence-electron chi connectivity index (χ0n) is 13.3. The summed E-state index contributed by atoms with van der Waals surface area (Å²) in [5.74, 6) is 0. The molecule has 1 aromatic rings. The standard InChI is InChI=1S/C15H26N4O2/c1-10-13(18-9-17-10)8-16-11-6-5-7-12(11)19-14(20)21-15(2,3)4/h9,11-12,16H,5-8H2,1-4H3,(H,17,18)(H,19,20). The van der Waals surface area contributed by atoms with E-state index in [4.69, 9.17) is 4.74 Å². The highest BCUT2D eigenvalue weighted by molar-refractivity contribution is 5.68. The average molecular weight is 294 g/mol. The lowest BCUT2D eigenvalue weighted by Crippen LogP contribution is -2.47. The third-order valence-electron chi connectivity index (χ3n) is 3.68. The van der Waals surface area contributed by atoms with E-state index in [0.717, 1.165) is 30.7 Å². The van der Waals surface area contributed by atoms with Crippen molar-refractivity contribution >= 4 is 6.09 Å². The van der Waals surface area contributed by atoms with Crippen LogP contribution in [0.1, 0.15) is 51.4 Å². The van der Waals surface area contributed by atoms with Gasteiger partial charge in [0.15, 0.2) is 0 Å². The SMILES string of the molecule is Cc1[nH]cnc1CNC1CCCC1NC(=O)OC(C)(C)C. The minimum Gasteiger partial charge on any atom is -0.444 e. The number of alkyl carbamates (subject to hydrolysis) is 1. The Hall–Kier alpha value is -1.56. The van der Waals surface area contributed by atoms with E-state index in [1.165, 1.54) is 0 Å². The molecule has 118 valence electrons. The minimum absolute atomic E-state index is 0.124. The molecule has 6 nitrogen and oxygen atoms in total. The predicted octanol–water partition coefficient (Wildman–Crippen LogP) is 2.25. The molecule has 1 aliphatic rings. The average Bonchev–Trinajstić information content (AvgIpc) is 2.93. The molecule has 1 fully saturated rings. The van der Waals surface area contributed by atoms with Crippen LogP contribution >= 0.6 is 0 Å². The van der Waals surface area contributed by atoms with E-state index in [1.807, 2.05) is 27.7 Å². The fourth-order valence-electron chi connectivity index (χ4n) is 2.63. The van der Waals surface area contributed by atoms with E-state index in [2.05, 4.69) is 20.6 Å². The molecule has 0 aliphatic heterocycles. The number of nitrogens with zero attached hydrogens (tertiary/aromatic N) is 1. The third-order valence-corrected chi connectivity index (χ3v) is 3.68. The molecule has 1 aliphatic carbocycles. The Kier molecular flexibility index (Phi) is 4.88. The second-order valence-corrected chi connectivity index (χ2v) is 6.65. The molecule has 6 heteroatoms. The molecule has 1 saturated carbocycles. The van der Waals surface area contributed by atoms with Crippen molar-refractivity contribution in [1.82, 2.24) is 20.6 Å². The van der Waals surface area contributed by atoms with Crippen molar-refractivity contribution in [3.8, 4) is 0 Å². The Morgan fingerprint density at radius 1 is 1.43 bits per heavy atom. The summed E-state index contributed by atoms with van der Waals surface area (Å²) in [7, 11) is 0. The molecule has 0 saturated heterocycles. The van der Waals surface area contributed by atoms with Crippen molar-refractivity contribution in [2.45, 2.75) is 71.2 Å². The number of ether oxygens (including phenoxy) is 1. The summed E-state index contributed by atoms with van der Waals surface area (Å²) >= 11 is 0. The van der Waals surface area contributed by atoms with Gasteiger partial charge in [-0.15, -0.1) is 0 Å². The number of carbonyl (C=O) groups excluding carboxylic acids is 1. The van der Waals surface area contributed by atoms with Crippen LogP contribution in [0.2, 0.25) is 0 Å². The second kappa shape index (κ2) is 6.47. The van der Waals surface area contributed by atoms with Crippen LogP contribution in [-0.4, -0.2) is 33.7 Å². The molecule has 2 rings (SSSR count). The van der Waals surface area contributed by atoms with Gasteiger partial charge < -0.3 is 20.4 Å². The maximum atomic E-state index is 11.9. The van der Waals surface area contributed by atoms with Gasteiger partial charge in [0.25, 0.3) is 0 Å². The molecule has 2 atom stereocenters. The molecule has 1 heterocycles. The van der Waals surface area contributed by atoms with Gasteiger partial charge in [0.1, 0.15) is 5.60 Å². The fraction of sp³-hybridized carbons (Fsp3) is 0.733. The molecule has 0 aromatic carbocycles. The van der Waals surface area contributed by atoms with E-state index in [9.17, 15) is 4.79 Å². The van der Waals surface area contributed by atoms with E-state index in [-0.39, 0.29) is 18.2 Å². The van der Waals surface area contributed by atoms with Crippen LogP contribution in [0.5, 0.6) is 0 Å². The van der Waals surface area contributed by atoms with Crippen LogP contribution in [0, 0.1) is 6.92 Å². The van der Waals surface area contributed by atoms with Gasteiger partial charge in [-0.05, 0) is 47.0 Å². The fourth-order valence-corrected chi connectivity index (χ4v) is 2.63. The molecule has 1 aromatic heterocycles. The molecule has 1 amide bonds. The molecular formula is C15H26N4O2. The highest BCUT2D eigenvalue weighted by Gasteiger charge is 2.29. The molecule has 0 spiro atoms. The van der Waals surface area contributed by atoms with Gasteiger partial charge in [-0.1, -0.05) is 0 Å². The zero-order chi connectivity index (χ0) is 15.5. The van der Waals surface area contributed by atoms with Crippen LogP contribution in [0.25, 0.3) is 0 Å². The van der Waals surface area contributed by atoms with Crippen LogP contribution in [0.3, 0.4) is 0 Å². The molecule has 0 bridgehead atoms. The number of amides is 1. The summed E-state index contributed by atoms with van der Waals surface area (Å²) in [6, 6.07) is 0.396. The predicted molar refractivity (Wildman–Crippen MR) is 81.0 cm³/mol. The van der Waals surface area contributed by atoms with Crippen molar-refractivity contribution in [2.75, 3.05) is 0 Å². The molecule has 21 heavy (non-hydrogen) atoms. The van der Waals surface area contributed by atoms with Gasteiger partial charge in [0.2, 0.25) is 0 Å². The van der Waals surface area contributed by atoms with Gasteiger partial charge in [-0.2, -0.15) is 0 Å². The lowest BCUT2D eigenvalue weighted by atomic mass is 10.1. The highest BCUT2D eigenvalue weighted by Crippen LogP contribution is 2.20. The van der Waals surface area contributed by atoms with Crippen LogP contribution in [0.4, 0.5) is 4.79 Å². The molecule has 3 N–H and O–H groups in total. The van der Waals surface area contributed by atoms with E-state index < -0.39 is 5.60 Å². The molecular weight excluding hydrogens is 268 g/mol. The Morgan fingerprint density at radius 3 is 2.76 bits per heavy atom. The van der Waals surface area contributed by atoms with Crippen LogP contribution in [0.15, 0.2) is 6.33 Å². The number of aromatic amines is 1. The quantitative estimate of drug-likeness (QED) is 0.796. The van der Waals surface area contributed by atoms with Gasteiger partial charge in [0.05, 0.1) is 12.0 Å². The maximum Gasteiger partial charge on any atom is 0.407 e. The lowest BCUT2D eigenvalue weighted by molar-refractivity contribution is 0.0498. The van der Waals surface area contributed by atoms with E-state index in [1.54, 1.807) is 6.33 Å². The highest BCUT2D eigenvalue weighted by atomic mass is 16.6. The summed E-state index contributed by atoms with van der Waals surface area (Å²) in [5.41, 5.74) is 1.65. The minimum atomic E-state index is -0.461. The number of rotatable bonds is 4. The Bertz CT molecular complexity index is 478. The van der Waals surface area contributed by atoms with Crippen molar-refractivity contribution < 1.29 is 9.53 Å². The zero-order valence-corrected chi connectivity index (χ0v) is 13.3. The molecule has 0 radical (unpaired) electrons. The summed E-state index contributed by atoms with van der Waals surface area (Å²) in [5, 5.41) is 6.47. The van der Waals surface area contributed by atoms with Crippen molar-refractivity contribution in [3.05, 3.63) is 17.7 Å². The maximum absolute atomic E-state index is 11.9. The smallest absolute Gasteiger partial charge is 0.407 e. The third kappa shape index (κ3) is 4.74. The van der Waals surface area contributed by atoms with Gasteiger partial charge >= 0.3 is 6.09 Å². The van der Waals surface area contributed by atoms with Crippen LogP contribution < -0.4 is 10.6 Å². The van der Waals surface area contributed by atoms with Crippen molar-refractivity contribution in [2.24, 2.45) is 0 Å². The number of aromatic nitrogens is 2. The van der Waals surface area contributed by atoms with E-state index >= 15 is 0 Å².